The number of carbonyl (C=O) groups is 1. The molecule has 9 heteroatoms. The molecule has 2 heterocycles. The lowest BCUT2D eigenvalue weighted by molar-refractivity contribution is -0.115. The van der Waals surface area contributed by atoms with Gasteiger partial charge in [0.15, 0.2) is 16.1 Å². The van der Waals surface area contributed by atoms with Gasteiger partial charge < -0.3 is 14.6 Å². The van der Waals surface area contributed by atoms with Crippen molar-refractivity contribution in [2.75, 3.05) is 5.32 Å². The standard InChI is InChI=1S/C22H29N5O2S2/c1-12(2)27-18(11-29-19-13(3)9-8-10-14(19)4)25-26-22(27)31-17(7)20(28)24-21-23-15(5)16(6)30-21/h8-10,12,17H,11H2,1-7H3,(H,23,24,28)/t17-/m0/s1. The van der Waals surface area contributed by atoms with Crippen LogP contribution in [0.3, 0.4) is 0 Å². The molecule has 0 aliphatic carbocycles. The van der Waals surface area contributed by atoms with Crippen molar-refractivity contribution in [3.8, 4) is 5.75 Å². The number of carbonyl (C=O) groups excluding carboxylic acids is 1. The van der Waals surface area contributed by atoms with E-state index in [-0.39, 0.29) is 17.2 Å². The zero-order chi connectivity index (χ0) is 22.7. The van der Waals surface area contributed by atoms with Gasteiger partial charge >= 0.3 is 0 Å². The van der Waals surface area contributed by atoms with E-state index in [0.717, 1.165) is 33.3 Å². The molecule has 1 N–H and O–H groups in total. The van der Waals surface area contributed by atoms with Crippen molar-refractivity contribution in [1.29, 1.82) is 0 Å². The van der Waals surface area contributed by atoms with Gasteiger partial charge in [-0.05, 0) is 59.6 Å². The zero-order valence-electron chi connectivity index (χ0n) is 19.0. The lowest BCUT2D eigenvalue weighted by Gasteiger charge is -2.17. The van der Waals surface area contributed by atoms with Crippen LogP contribution in [0.15, 0.2) is 23.4 Å². The highest BCUT2D eigenvalue weighted by Gasteiger charge is 2.23. The Balaban J connectivity index is 1.71. The summed E-state index contributed by atoms with van der Waals surface area (Å²) in [5, 5.41) is 12.6. The van der Waals surface area contributed by atoms with Crippen LogP contribution in [0.1, 0.15) is 54.3 Å². The Kier molecular flexibility index (Phi) is 7.38. The molecule has 31 heavy (non-hydrogen) atoms. The Morgan fingerprint density at radius 1 is 1.16 bits per heavy atom. The van der Waals surface area contributed by atoms with Gasteiger partial charge in [-0.25, -0.2) is 4.98 Å². The van der Waals surface area contributed by atoms with Crippen LogP contribution in [0.4, 0.5) is 5.13 Å². The number of nitrogens with one attached hydrogen (secondary N) is 1. The van der Waals surface area contributed by atoms with Crippen LogP contribution in [0.25, 0.3) is 0 Å². The van der Waals surface area contributed by atoms with Crippen LogP contribution in [0, 0.1) is 27.7 Å². The summed E-state index contributed by atoms with van der Waals surface area (Å²) in [5.41, 5.74) is 3.11. The van der Waals surface area contributed by atoms with Gasteiger partial charge in [0.2, 0.25) is 5.91 Å². The summed E-state index contributed by atoms with van der Waals surface area (Å²) in [5.74, 6) is 1.50. The summed E-state index contributed by atoms with van der Waals surface area (Å²) in [6.45, 7) is 14.3. The molecule has 0 saturated carbocycles. The Morgan fingerprint density at radius 2 is 1.84 bits per heavy atom. The predicted octanol–water partition coefficient (Wildman–Crippen LogP) is 5.25. The van der Waals surface area contributed by atoms with E-state index in [2.05, 4.69) is 34.3 Å². The summed E-state index contributed by atoms with van der Waals surface area (Å²) in [7, 11) is 0. The maximum Gasteiger partial charge on any atom is 0.239 e. The first kappa shape index (κ1) is 23.3. The number of para-hydroxylation sites is 1. The Labute approximate surface area is 191 Å². The maximum absolute atomic E-state index is 12.7. The minimum Gasteiger partial charge on any atom is -0.485 e. The van der Waals surface area contributed by atoms with Crippen LogP contribution in [-0.4, -0.2) is 30.9 Å². The minimum absolute atomic E-state index is 0.106. The van der Waals surface area contributed by atoms with Crippen molar-refractivity contribution in [3.63, 3.8) is 0 Å². The first-order chi connectivity index (χ1) is 14.7. The predicted molar refractivity (Wildman–Crippen MR) is 126 cm³/mol. The van der Waals surface area contributed by atoms with Gasteiger partial charge in [0.1, 0.15) is 12.4 Å². The molecule has 1 atom stereocenters. The van der Waals surface area contributed by atoms with E-state index < -0.39 is 0 Å². The molecule has 1 aromatic carbocycles. The second kappa shape index (κ2) is 9.82. The van der Waals surface area contributed by atoms with Crippen LogP contribution in [0.2, 0.25) is 0 Å². The maximum atomic E-state index is 12.7. The Morgan fingerprint density at radius 3 is 2.42 bits per heavy atom. The van der Waals surface area contributed by atoms with E-state index in [1.165, 1.54) is 23.1 Å². The quantitative estimate of drug-likeness (QED) is 0.464. The van der Waals surface area contributed by atoms with Crippen LogP contribution < -0.4 is 10.1 Å². The van der Waals surface area contributed by atoms with Crippen molar-refractivity contribution in [1.82, 2.24) is 19.7 Å². The Bertz CT molecular complexity index is 1030. The highest BCUT2D eigenvalue weighted by molar-refractivity contribution is 8.00. The van der Waals surface area contributed by atoms with Crippen molar-refractivity contribution >= 4 is 34.1 Å². The summed E-state index contributed by atoms with van der Waals surface area (Å²) < 4.78 is 8.11. The number of anilines is 1. The van der Waals surface area contributed by atoms with E-state index in [0.29, 0.717) is 16.9 Å². The molecular formula is C22H29N5O2S2. The van der Waals surface area contributed by atoms with Gasteiger partial charge in [0.25, 0.3) is 0 Å². The fourth-order valence-electron chi connectivity index (χ4n) is 3.11. The normalized spacial score (nSPS) is 12.3. The molecule has 3 aromatic rings. The molecule has 166 valence electrons. The molecule has 3 rings (SSSR count). The largest absolute Gasteiger partial charge is 0.485 e. The first-order valence-electron chi connectivity index (χ1n) is 10.2. The second-order valence-electron chi connectivity index (χ2n) is 7.78. The first-order valence-corrected chi connectivity index (χ1v) is 11.9. The van der Waals surface area contributed by atoms with Crippen LogP contribution in [-0.2, 0) is 11.4 Å². The van der Waals surface area contributed by atoms with Crippen molar-refractivity contribution in [2.24, 2.45) is 0 Å². The minimum atomic E-state index is -0.349. The van der Waals surface area contributed by atoms with Crippen molar-refractivity contribution in [3.05, 3.63) is 45.7 Å². The third kappa shape index (κ3) is 5.46. The van der Waals surface area contributed by atoms with Crippen molar-refractivity contribution in [2.45, 2.75) is 71.5 Å². The molecule has 0 aliphatic heterocycles. The van der Waals surface area contributed by atoms with Gasteiger partial charge in [-0.15, -0.1) is 21.5 Å². The molecule has 0 unspecified atom stereocenters. The van der Waals surface area contributed by atoms with Gasteiger partial charge in [-0.3, -0.25) is 4.79 Å². The zero-order valence-corrected chi connectivity index (χ0v) is 20.6. The highest BCUT2D eigenvalue weighted by Crippen LogP contribution is 2.29. The van der Waals surface area contributed by atoms with E-state index in [1.807, 2.05) is 57.4 Å². The lowest BCUT2D eigenvalue weighted by Crippen LogP contribution is -2.23. The van der Waals surface area contributed by atoms with E-state index >= 15 is 0 Å². The molecular weight excluding hydrogens is 430 g/mol. The number of nitrogens with zero attached hydrogens (tertiary/aromatic N) is 4. The van der Waals surface area contributed by atoms with Gasteiger partial charge in [-0.2, -0.15) is 0 Å². The summed E-state index contributed by atoms with van der Waals surface area (Å²) in [6.07, 6.45) is 0. The number of thiazole rings is 1. The molecule has 0 fully saturated rings. The number of thioether (sulfide) groups is 1. The smallest absolute Gasteiger partial charge is 0.239 e. The monoisotopic (exact) mass is 459 g/mol. The molecule has 2 aromatic heterocycles. The summed E-state index contributed by atoms with van der Waals surface area (Å²) >= 11 is 2.87. The number of benzene rings is 1. The number of amides is 1. The third-order valence-electron chi connectivity index (χ3n) is 4.92. The summed E-state index contributed by atoms with van der Waals surface area (Å²) in [6, 6.07) is 6.21. The molecule has 0 radical (unpaired) electrons. The van der Waals surface area contributed by atoms with Crippen LogP contribution >= 0.6 is 23.1 Å². The molecule has 0 bridgehead atoms. The fourth-order valence-corrected chi connectivity index (χ4v) is 4.93. The highest BCUT2D eigenvalue weighted by atomic mass is 32.2. The number of hydrogen-bond acceptors (Lipinski definition) is 7. The lowest BCUT2D eigenvalue weighted by atomic mass is 10.1. The molecule has 7 nitrogen and oxygen atoms in total. The number of ether oxygens (including phenoxy) is 1. The summed E-state index contributed by atoms with van der Waals surface area (Å²) in [4.78, 5) is 18.1. The molecule has 0 aliphatic rings. The number of hydrogen-bond donors (Lipinski definition) is 1. The average Bonchev–Trinajstić information content (AvgIpc) is 3.23. The van der Waals surface area contributed by atoms with Crippen LogP contribution in [0.5, 0.6) is 5.75 Å². The van der Waals surface area contributed by atoms with Crippen molar-refractivity contribution < 1.29 is 9.53 Å². The average molecular weight is 460 g/mol. The molecule has 0 spiro atoms. The number of aromatic nitrogens is 4. The topological polar surface area (TPSA) is 81.9 Å². The van der Waals surface area contributed by atoms with E-state index in [4.69, 9.17) is 4.74 Å². The number of aryl methyl sites for hydroxylation is 4. The number of rotatable bonds is 8. The third-order valence-corrected chi connectivity index (χ3v) is 6.96. The van der Waals surface area contributed by atoms with Gasteiger partial charge in [0.05, 0.1) is 10.9 Å². The Hall–Kier alpha value is -2.39. The van der Waals surface area contributed by atoms with Gasteiger partial charge in [0, 0.05) is 10.9 Å². The fraction of sp³-hybridized carbons (Fsp3) is 0.455. The van der Waals surface area contributed by atoms with E-state index in [9.17, 15) is 4.79 Å². The SMILES string of the molecule is Cc1cccc(C)c1OCc1nnc(S[C@@H](C)C(=O)Nc2nc(C)c(C)s2)n1C(C)C. The molecule has 0 saturated heterocycles. The second-order valence-corrected chi connectivity index (χ2v) is 10.3. The van der Waals surface area contributed by atoms with E-state index in [1.54, 1.807) is 0 Å². The molecule has 1 amide bonds. The van der Waals surface area contributed by atoms with Gasteiger partial charge in [-0.1, -0.05) is 30.0 Å².